The van der Waals surface area contributed by atoms with Gasteiger partial charge in [-0.25, -0.2) is 0 Å². The highest BCUT2D eigenvalue weighted by Gasteiger charge is 2.10. The molecule has 20 heavy (non-hydrogen) atoms. The number of carbonyl (C=O) groups excluding carboxylic acids is 1. The fourth-order valence-corrected chi connectivity index (χ4v) is 2.56. The smallest absolute Gasteiger partial charge is 0.260 e. The van der Waals surface area contributed by atoms with Crippen LogP contribution in [0.5, 0.6) is 5.75 Å². The number of benzene rings is 1. The third kappa shape index (κ3) is 4.10. The Bertz CT molecular complexity index is 534. The molecular formula is C16H19NO2S. The predicted octanol–water partition coefficient (Wildman–Crippen LogP) is 3.35. The summed E-state index contributed by atoms with van der Waals surface area (Å²) in [6.45, 7) is 2.82. The molecule has 0 saturated heterocycles. The lowest BCUT2D eigenvalue weighted by Gasteiger charge is -2.16. The summed E-state index contributed by atoms with van der Waals surface area (Å²) >= 11 is 1.65. The molecule has 0 bridgehead atoms. The summed E-state index contributed by atoms with van der Waals surface area (Å²) in [5, 5.41) is 2.01. The van der Waals surface area contributed by atoms with Crippen LogP contribution in [0.15, 0.2) is 41.8 Å². The molecule has 1 amide bonds. The third-order valence-corrected chi connectivity index (χ3v) is 3.95. The van der Waals surface area contributed by atoms with E-state index in [0.717, 1.165) is 12.2 Å². The second kappa shape index (κ2) is 7.10. The molecule has 0 spiro atoms. The molecule has 0 saturated carbocycles. The van der Waals surface area contributed by atoms with Crippen molar-refractivity contribution in [3.05, 3.63) is 52.2 Å². The molecular weight excluding hydrogens is 270 g/mol. The minimum absolute atomic E-state index is 0.0158. The van der Waals surface area contributed by atoms with Gasteiger partial charge in [0, 0.05) is 11.9 Å². The molecule has 106 valence electrons. The summed E-state index contributed by atoms with van der Waals surface area (Å²) in [7, 11) is 1.80. The number of hydrogen-bond acceptors (Lipinski definition) is 3. The van der Waals surface area contributed by atoms with E-state index in [0.29, 0.717) is 6.54 Å². The van der Waals surface area contributed by atoms with Gasteiger partial charge in [-0.3, -0.25) is 4.79 Å². The van der Waals surface area contributed by atoms with Crippen LogP contribution in [0.4, 0.5) is 0 Å². The number of amides is 1. The standard InChI is InChI=1S/C16H19NO2S/c1-3-13-6-8-14(9-7-13)19-12-16(18)17(2)11-15-5-4-10-20-15/h4-10H,3,11-12H2,1-2H3. The number of ether oxygens (including phenoxy) is 1. The Kier molecular flexibility index (Phi) is 5.18. The normalized spacial score (nSPS) is 10.3. The van der Waals surface area contributed by atoms with Crippen LogP contribution >= 0.6 is 11.3 Å². The van der Waals surface area contributed by atoms with Crippen molar-refractivity contribution in [1.29, 1.82) is 0 Å². The lowest BCUT2D eigenvalue weighted by Crippen LogP contribution is -2.30. The van der Waals surface area contributed by atoms with Crippen molar-refractivity contribution in [2.45, 2.75) is 19.9 Å². The predicted molar refractivity (Wildman–Crippen MR) is 82.1 cm³/mol. The zero-order chi connectivity index (χ0) is 14.4. The summed E-state index contributed by atoms with van der Waals surface area (Å²) in [4.78, 5) is 14.8. The maximum absolute atomic E-state index is 12.0. The Morgan fingerprint density at radius 1 is 1.25 bits per heavy atom. The van der Waals surface area contributed by atoms with Crippen LogP contribution in [0, 0.1) is 0 Å². The summed E-state index contributed by atoms with van der Waals surface area (Å²) in [5.41, 5.74) is 1.26. The number of thiophene rings is 1. The van der Waals surface area contributed by atoms with Crippen molar-refractivity contribution in [2.75, 3.05) is 13.7 Å². The highest BCUT2D eigenvalue weighted by Crippen LogP contribution is 2.13. The Balaban J connectivity index is 1.81. The zero-order valence-electron chi connectivity index (χ0n) is 11.8. The summed E-state index contributed by atoms with van der Waals surface area (Å²) in [6.07, 6.45) is 1.00. The monoisotopic (exact) mass is 289 g/mol. The van der Waals surface area contributed by atoms with Crippen molar-refractivity contribution in [3.8, 4) is 5.75 Å². The minimum atomic E-state index is -0.0158. The number of aryl methyl sites for hydroxylation is 1. The molecule has 0 fully saturated rings. The maximum Gasteiger partial charge on any atom is 0.260 e. The van der Waals surface area contributed by atoms with E-state index in [1.165, 1.54) is 10.4 Å². The number of likely N-dealkylation sites (N-methyl/N-ethyl adjacent to an activating group) is 1. The quantitative estimate of drug-likeness (QED) is 0.816. The van der Waals surface area contributed by atoms with Gasteiger partial charge in [-0.2, -0.15) is 0 Å². The van der Waals surface area contributed by atoms with E-state index >= 15 is 0 Å². The Labute approximate surface area is 123 Å². The second-order valence-corrected chi connectivity index (χ2v) is 5.65. The van der Waals surface area contributed by atoms with Crippen molar-refractivity contribution in [3.63, 3.8) is 0 Å². The van der Waals surface area contributed by atoms with Gasteiger partial charge in [0.2, 0.25) is 0 Å². The largest absolute Gasteiger partial charge is 0.484 e. The second-order valence-electron chi connectivity index (χ2n) is 4.62. The van der Waals surface area contributed by atoms with Crippen LogP contribution in [0.3, 0.4) is 0 Å². The lowest BCUT2D eigenvalue weighted by atomic mass is 10.2. The first-order chi connectivity index (χ1) is 9.69. The van der Waals surface area contributed by atoms with Gasteiger partial charge in [-0.1, -0.05) is 25.1 Å². The summed E-state index contributed by atoms with van der Waals surface area (Å²) in [5.74, 6) is 0.720. The molecule has 0 N–H and O–H groups in total. The molecule has 0 atom stereocenters. The fraction of sp³-hybridized carbons (Fsp3) is 0.312. The van der Waals surface area contributed by atoms with Crippen LogP contribution in [-0.2, 0) is 17.8 Å². The maximum atomic E-state index is 12.0. The van der Waals surface area contributed by atoms with Gasteiger partial charge < -0.3 is 9.64 Å². The van der Waals surface area contributed by atoms with Gasteiger partial charge in [0.1, 0.15) is 5.75 Å². The third-order valence-electron chi connectivity index (χ3n) is 3.09. The molecule has 3 nitrogen and oxygen atoms in total. The molecule has 1 aromatic heterocycles. The highest BCUT2D eigenvalue weighted by atomic mass is 32.1. The average molecular weight is 289 g/mol. The molecule has 2 aromatic rings. The number of carbonyl (C=O) groups is 1. The van der Waals surface area contributed by atoms with Gasteiger partial charge in [-0.15, -0.1) is 11.3 Å². The minimum Gasteiger partial charge on any atom is -0.484 e. The van der Waals surface area contributed by atoms with Gasteiger partial charge in [0.25, 0.3) is 5.91 Å². The zero-order valence-corrected chi connectivity index (χ0v) is 12.7. The van der Waals surface area contributed by atoms with Crippen LogP contribution in [0.2, 0.25) is 0 Å². The highest BCUT2D eigenvalue weighted by molar-refractivity contribution is 7.09. The number of rotatable bonds is 6. The Morgan fingerprint density at radius 3 is 2.60 bits per heavy atom. The number of hydrogen-bond donors (Lipinski definition) is 0. The lowest BCUT2D eigenvalue weighted by molar-refractivity contribution is -0.132. The van der Waals surface area contributed by atoms with Gasteiger partial charge in [0.05, 0.1) is 6.54 Å². The molecule has 4 heteroatoms. The van der Waals surface area contributed by atoms with Crippen molar-refractivity contribution < 1.29 is 9.53 Å². The first-order valence-corrected chi connectivity index (χ1v) is 7.55. The Hall–Kier alpha value is -1.81. The van der Waals surface area contributed by atoms with Crippen molar-refractivity contribution >= 4 is 17.2 Å². The van der Waals surface area contributed by atoms with Crippen molar-refractivity contribution in [1.82, 2.24) is 4.90 Å². The first kappa shape index (κ1) is 14.6. The molecule has 0 unspecified atom stereocenters. The van der Waals surface area contributed by atoms with Crippen molar-refractivity contribution in [2.24, 2.45) is 0 Å². The van der Waals surface area contributed by atoms with Crippen LogP contribution in [0.25, 0.3) is 0 Å². The first-order valence-electron chi connectivity index (χ1n) is 6.67. The van der Waals surface area contributed by atoms with Crippen LogP contribution < -0.4 is 4.74 Å². The van der Waals surface area contributed by atoms with E-state index < -0.39 is 0 Å². The van der Waals surface area contributed by atoms with Gasteiger partial charge in [-0.05, 0) is 35.6 Å². The van der Waals surface area contributed by atoms with E-state index in [4.69, 9.17) is 4.74 Å². The summed E-state index contributed by atoms with van der Waals surface area (Å²) < 4.78 is 5.52. The summed E-state index contributed by atoms with van der Waals surface area (Å²) in [6, 6.07) is 11.9. The van der Waals surface area contributed by atoms with E-state index in [-0.39, 0.29) is 12.5 Å². The Morgan fingerprint density at radius 2 is 2.00 bits per heavy atom. The molecule has 2 rings (SSSR count). The average Bonchev–Trinajstić information content (AvgIpc) is 2.98. The van der Waals surface area contributed by atoms with E-state index in [2.05, 4.69) is 6.92 Å². The van der Waals surface area contributed by atoms with Gasteiger partial charge >= 0.3 is 0 Å². The van der Waals surface area contributed by atoms with Crippen LogP contribution in [-0.4, -0.2) is 24.5 Å². The fourth-order valence-electron chi connectivity index (χ4n) is 1.80. The topological polar surface area (TPSA) is 29.5 Å². The molecule has 0 radical (unpaired) electrons. The van der Waals surface area contributed by atoms with Gasteiger partial charge in [0.15, 0.2) is 6.61 Å². The molecule has 1 aromatic carbocycles. The SMILES string of the molecule is CCc1ccc(OCC(=O)N(C)Cc2cccs2)cc1. The van der Waals surface area contributed by atoms with E-state index in [1.807, 2.05) is 41.8 Å². The molecule has 1 heterocycles. The molecule has 0 aliphatic carbocycles. The molecule has 0 aliphatic heterocycles. The number of nitrogens with zero attached hydrogens (tertiary/aromatic N) is 1. The molecule has 0 aliphatic rings. The van der Waals surface area contributed by atoms with E-state index in [9.17, 15) is 4.79 Å². The van der Waals surface area contributed by atoms with Crippen LogP contribution in [0.1, 0.15) is 17.4 Å². The van der Waals surface area contributed by atoms with E-state index in [1.54, 1.807) is 23.3 Å².